The summed E-state index contributed by atoms with van der Waals surface area (Å²) >= 11 is 0. The molecular weight excluding hydrogens is 238 g/mol. The summed E-state index contributed by atoms with van der Waals surface area (Å²) in [6.07, 6.45) is 8.60. The third kappa shape index (κ3) is 2.31. The molecule has 3 atom stereocenters. The Morgan fingerprint density at radius 2 is 2.32 bits per heavy atom. The number of nitrogens with two attached hydrogens (primary N) is 1. The molecule has 2 aliphatic rings. The minimum atomic E-state index is -0.00614. The van der Waals surface area contributed by atoms with Gasteiger partial charge in [-0.2, -0.15) is 0 Å². The molecule has 0 spiro atoms. The highest BCUT2D eigenvalue weighted by molar-refractivity contribution is 5.98. The van der Waals surface area contributed by atoms with E-state index in [0.717, 1.165) is 18.4 Å². The Morgan fingerprint density at radius 3 is 2.95 bits per heavy atom. The van der Waals surface area contributed by atoms with Crippen LogP contribution in [0.5, 0.6) is 0 Å². The lowest BCUT2D eigenvalue weighted by atomic mass is 9.88. The Balaban J connectivity index is 1.66. The SMILES string of the molecule is CN(CC1CC2CCC1C2)C(=O)c1cnccc1N. The van der Waals surface area contributed by atoms with E-state index in [4.69, 9.17) is 5.73 Å². The van der Waals surface area contributed by atoms with Crippen molar-refractivity contribution in [2.24, 2.45) is 17.8 Å². The third-order valence-corrected chi connectivity index (χ3v) is 4.82. The van der Waals surface area contributed by atoms with E-state index in [-0.39, 0.29) is 5.91 Å². The summed E-state index contributed by atoms with van der Waals surface area (Å²) in [5.74, 6) is 2.44. The van der Waals surface area contributed by atoms with Gasteiger partial charge in [0, 0.05) is 31.7 Å². The van der Waals surface area contributed by atoms with Crippen molar-refractivity contribution >= 4 is 11.6 Å². The molecule has 1 heterocycles. The van der Waals surface area contributed by atoms with Gasteiger partial charge in [-0.1, -0.05) is 6.42 Å². The summed E-state index contributed by atoms with van der Waals surface area (Å²) < 4.78 is 0. The lowest BCUT2D eigenvalue weighted by Crippen LogP contribution is -2.34. The van der Waals surface area contributed by atoms with Gasteiger partial charge in [-0.15, -0.1) is 0 Å². The quantitative estimate of drug-likeness (QED) is 0.905. The first-order chi connectivity index (χ1) is 9.15. The Bertz CT molecular complexity index is 488. The minimum absolute atomic E-state index is 0.00614. The maximum absolute atomic E-state index is 12.4. The van der Waals surface area contributed by atoms with Crippen molar-refractivity contribution in [2.75, 3.05) is 19.3 Å². The van der Waals surface area contributed by atoms with Crippen LogP contribution >= 0.6 is 0 Å². The van der Waals surface area contributed by atoms with Crippen LogP contribution in [0.3, 0.4) is 0 Å². The number of hydrogen-bond donors (Lipinski definition) is 1. The fraction of sp³-hybridized carbons (Fsp3) is 0.600. The molecule has 3 unspecified atom stereocenters. The number of fused-ring (bicyclic) bond motifs is 2. The Labute approximate surface area is 114 Å². The maximum Gasteiger partial charge on any atom is 0.257 e. The van der Waals surface area contributed by atoms with E-state index in [0.29, 0.717) is 17.2 Å². The van der Waals surface area contributed by atoms with E-state index in [2.05, 4.69) is 4.98 Å². The van der Waals surface area contributed by atoms with Crippen LogP contribution in [0.25, 0.3) is 0 Å². The summed E-state index contributed by atoms with van der Waals surface area (Å²) in [4.78, 5) is 18.2. The van der Waals surface area contributed by atoms with Crippen LogP contribution in [0.15, 0.2) is 18.5 Å². The fourth-order valence-electron chi connectivity index (χ4n) is 3.82. The Hall–Kier alpha value is -1.58. The van der Waals surface area contributed by atoms with Crippen molar-refractivity contribution < 1.29 is 4.79 Å². The molecule has 2 N–H and O–H groups in total. The van der Waals surface area contributed by atoms with E-state index in [1.165, 1.54) is 25.7 Å². The second-order valence-corrected chi connectivity index (χ2v) is 6.08. The van der Waals surface area contributed by atoms with E-state index >= 15 is 0 Å². The van der Waals surface area contributed by atoms with Crippen molar-refractivity contribution in [1.29, 1.82) is 0 Å². The third-order valence-electron chi connectivity index (χ3n) is 4.82. The van der Waals surface area contributed by atoms with Crippen LogP contribution in [0, 0.1) is 17.8 Å². The van der Waals surface area contributed by atoms with Gasteiger partial charge in [0.15, 0.2) is 0 Å². The van der Waals surface area contributed by atoms with Crippen LogP contribution in [-0.4, -0.2) is 29.4 Å². The van der Waals surface area contributed by atoms with Crippen LogP contribution in [0.2, 0.25) is 0 Å². The first-order valence-electron chi connectivity index (χ1n) is 7.10. The molecule has 4 heteroatoms. The number of carbonyl (C=O) groups is 1. The first-order valence-corrected chi connectivity index (χ1v) is 7.10. The lowest BCUT2D eigenvalue weighted by molar-refractivity contribution is 0.0755. The molecule has 2 bridgehead atoms. The number of amides is 1. The van der Waals surface area contributed by atoms with Gasteiger partial charge in [0.1, 0.15) is 0 Å². The highest BCUT2D eigenvalue weighted by atomic mass is 16.2. The summed E-state index contributed by atoms with van der Waals surface area (Å²) in [6, 6.07) is 1.68. The molecule has 4 nitrogen and oxygen atoms in total. The standard InChI is InChI=1S/C15H21N3O/c1-18(9-12-7-10-2-3-11(12)6-10)15(19)13-8-17-5-4-14(13)16/h4-5,8,10-12H,2-3,6-7,9H2,1H3,(H2,16,17). The van der Waals surface area contributed by atoms with Gasteiger partial charge in [0.05, 0.1) is 5.56 Å². The fourth-order valence-corrected chi connectivity index (χ4v) is 3.82. The number of rotatable bonds is 3. The average molecular weight is 259 g/mol. The van der Waals surface area contributed by atoms with E-state index < -0.39 is 0 Å². The summed E-state index contributed by atoms with van der Waals surface area (Å²) in [7, 11) is 1.88. The summed E-state index contributed by atoms with van der Waals surface area (Å²) in [5, 5.41) is 0. The van der Waals surface area contributed by atoms with E-state index in [1.54, 1.807) is 18.5 Å². The number of nitrogens with zero attached hydrogens (tertiary/aromatic N) is 2. The zero-order valence-corrected chi connectivity index (χ0v) is 11.4. The zero-order chi connectivity index (χ0) is 13.4. The predicted molar refractivity (Wildman–Crippen MR) is 74.5 cm³/mol. The van der Waals surface area contributed by atoms with E-state index in [9.17, 15) is 4.79 Å². The molecule has 1 aromatic heterocycles. The number of anilines is 1. The van der Waals surface area contributed by atoms with Gasteiger partial charge in [0.2, 0.25) is 0 Å². The second kappa shape index (κ2) is 4.83. The molecular formula is C15H21N3O. The highest BCUT2D eigenvalue weighted by Crippen LogP contribution is 2.48. The molecule has 0 saturated heterocycles. The molecule has 0 radical (unpaired) electrons. The first kappa shape index (κ1) is 12.5. The molecule has 1 aromatic rings. The smallest absolute Gasteiger partial charge is 0.257 e. The van der Waals surface area contributed by atoms with Gasteiger partial charge >= 0.3 is 0 Å². The molecule has 3 rings (SSSR count). The predicted octanol–water partition coefficient (Wildman–Crippen LogP) is 2.17. The molecule has 102 valence electrons. The number of nitrogen functional groups attached to an aromatic ring is 1. The van der Waals surface area contributed by atoms with Crippen LogP contribution in [0.4, 0.5) is 5.69 Å². The van der Waals surface area contributed by atoms with Crippen LogP contribution in [-0.2, 0) is 0 Å². The van der Waals surface area contributed by atoms with Gasteiger partial charge < -0.3 is 10.6 Å². The Kier molecular flexibility index (Phi) is 3.17. The lowest BCUT2D eigenvalue weighted by Gasteiger charge is -2.27. The monoisotopic (exact) mass is 259 g/mol. The summed E-state index contributed by atoms with van der Waals surface area (Å²) in [5.41, 5.74) is 6.88. The second-order valence-electron chi connectivity index (χ2n) is 6.08. The van der Waals surface area contributed by atoms with Gasteiger partial charge in [-0.3, -0.25) is 9.78 Å². The molecule has 2 saturated carbocycles. The molecule has 1 amide bonds. The molecule has 2 fully saturated rings. The zero-order valence-electron chi connectivity index (χ0n) is 11.4. The molecule has 2 aliphatic carbocycles. The van der Waals surface area contributed by atoms with E-state index in [1.807, 2.05) is 11.9 Å². The van der Waals surface area contributed by atoms with Crippen molar-refractivity contribution in [3.05, 3.63) is 24.0 Å². The van der Waals surface area contributed by atoms with Gasteiger partial charge in [-0.25, -0.2) is 0 Å². The van der Waals surface area contributed by atoms with Crippen LogP contribution < -0.4 is 5.73 Å². The molecule has 0 aromatic carbocycles. The normalized spacial score (nSPS) is 28.6. The highest BCUT2D eigenvalue weighted by Gasteiger charge is 2.40. The Morgan fingerprint density at radius 1 is 1.47 bits per heavy atom. The van der Waals surface area contributed by atoms with Crippen molar-refractivity contribution in [3.8, 4) is 0 Å². The number of carbonyl (C=O) groups excluding carboxylic acids is 1. The van der Waals surface area contributed by atoms with Crippen molar-refractivity contribution in [1.82, 2.24) is 9.88 Å². The largest absolute Gasteiger partial charge is 0.398 e. The minimum Gasteiger partial charge on any atom is -0.398 e. The number of pyridine rings is 1. The van der Waals surface area contributed by atoms with Crippen molar-refractivity contribution in [3.63, 3.8) is 0 Å². The topological polar surface area (TPSA) is 59.2 Å². The maximum atomic E-state index is 12.4. The van der Waals surface area contributed by atoms with Crippen LogP contribution in [0.1, 0.15) is 36.0 Å². The average Bonchev–Trinajstić information content (AvgIpc) is 3.00. The van der Waals surface area contributed by atoms with Gasteiger partial charge in [0.25, 0.3) is 5.91 Å². The molecule has 0 aliphatic heterocycles. The molecule has 19 heavy (non-hydrogen) atoms. The summed E-state index contributed by atoms with van der Waals surface area (Å²) in [6.45, 7) is 0.855. The number of hydrogen-bond acceptors (Lipinski definition) is 3. The van der Waals surface area contributed by atoms with Gasteiger partial charge in [-0.05, 0) is 43.1 Å². The van der Waals surface area contributed by atoms with Crippen molar-refractivity contribution in [2.45, 2.75) is 25.7 Å². The number of aromatic nitrogens is 1.